The van der Waals surface area contributed by atoms with Crippen molar-refractivity contribution in [3.8, 4) is 0 Å². The van der Waals surface area contributed by atoms with Crippen LogP contribution in [0.2, 0.25) is 0 Å². The zero-order valence-corrected chi connectivity index (χ0v) is 16.8. The fourth-order valence-corrected chi connectivity index (χ4v) is 2.67. The fraction of sp³-hybridized carbons (Fsp3) is 0.333. The van der Waals surface area contributed by atoms with Gasteiger partial charge in [0.15, 0.2) is 0 Å². The van der Waals surface area contributed by atoms with Crippen molar-refractivity contribution < 1.29 is 14.5 Å². The van der Waals surface area contributed by atoms with Crippen molar-refractivity contribution in [2.75, 3.05) is 18.4 Å². The van der Waals surface area contributed by atoms with Crippen LogP contribution in [0.15, 0.2) is 48.5 Å². The number of aryl methyl sites for hydroxylation is 1. The minimum Gasteiger partial charge on any atom is -0.383 e. The van der Waals surface area contributed by atoms with E-state index in [9.17, 15) is 19.7 Å². The number of anilines is 1. The molecular weight excluding hydrogens is 372 g/mol. The van der Waals surface area contributed by atoms with Gasteiger partial charge in [-0.3, -0.25) is 19.7 Å². The number of amides is 2. The molecule has 0 spiro atoms. The zero-order valence-electron chi connectivity index (χ0n) is 16.8. The zero-order chi connectivity index (χ0) is 21.4. The van der Waals surface area contributed by atoms with Crippen LogP contribution >= 0.6 is 0 Å². The van der Waals surface area contributed by atoms with E-state index in [1.54, 1.807) is 24.3 Å². The van der Waals surface area contributed by atoms with Crippen LogP contribution in [0, 0.1) is 23.0 Å². The number of nitro groups is 1. The van der Waals surface area contributed by atoms with E-state index in [1.165, 1.54) is 12.1 Å². The van der Waals surface area contributed by atoms with Crippen molar-refractivity contribution >= 4 is 23.2 Å². The number of benzene rings is 2. The second-order valence-corrected chi connectivity index (χ2v) is 7.08. The number of nitro benzene ring substituents is 1. The average molecular weight is 398 g/mol. The van der Waals surface area contributed by atoms with Crippen LogP contribution in [0.5, 0.6) is 0 Å². The molecule has 2 amide bonds. The van der Waals surface area contributed by atoms with Gasteiger partial charge in [-0.25, -0.2) is 0 Å². The fourth-order valence-electron chi connectivity index (χ4n) is 2.67. The molecule has 0 aromatic heterocycles. The Morgan fingerprint density at radius 1 is 1.00 bits per heavy atom. The van der Waals surface area contributed by atoms with Gasteiger partial charge < -0.3 is 16.0 Å². The summed E-state index contributed by atoms with van der Waals surface area (Å²) in [4.78, 5) is 35.1. The molecule has 8 nitrogen and oxygen atoms in total. The summed E-state index contributed by atoms with van der Waals surface area (Å²) in [5.41, 5.74) is 2.31. The van der Waals surface area contributed by atoms with Gasteiger partial charge in [-0.2, -0.15) is 0 Å². The molecule has 0 aliphatic carbocycles. The Morgan fingerprint density at radius 2 is 1.62 bits per heavy atom. The average Bonchev–Trinajstić information content (AvgIpc) is 2.69. The Morgan fingerprint density at radius 3 is 2.17 bits per heavy atom. The van der Waals surface area contributed by atoms with Crippen molar-refractivity contribution in [2.45, 2.75) is 26.8 Å². The van der Waals surface area contributed by atoms with Gasteiger partial charge in [0, 0.05) is 36.5 Å². The molecule has 0 aliphatic rings. The quantitative estimate of drug-likeness (QED) is 0.341. The summed E-state index contributed by atoms with van der Waals surface area (Å²) in [6.45, 7) is 6.47. The smallest absolute Gasteiger partial charge is 0.269 e. The molecule has 0 saturated carbocycles. The Balaban J connectivity index is 1.83. The molecule has 0 saturated heterocycles. The van der Waals surface area contributed by atoms with Crippen molar-refractivity contribution in [3.63, 3.8) is 0 Å². The van der Waals surface area contributed by atoms with Crippen molar-refractivity contribution in [2.24, 2.45) is 5.92 Å². The van der Waals surface area contributed by atoms with Crippen LogP contribution < -0.4 is 16.0 Å². The van der Waals surface area contributed by atoms with E-state index < -0.39 is 11.0 Å². The maximum absolute atomic E-state index is 12.5. The molecule has 154 valence electrons. The van der Waals surface area contributed by atoms with Gasteiger partial charge in [0.2, 0.25) is 5.91 Å². The molecule has 1 unspecified atom stereocenters. The number of rotatable bonds is 9. The predicted molar refractivity (Wildman–Crippen MR) is 112 cm³/mol. The molecule has 2 rings (SSSR count). The third-order valence-corrected chi connectivity index (χ3v) is 4.38. The van der Waals surface area contributed by atoms with E-state index in [4.69, 9.17) is 0 Å². The molecule has 0 radical (unpaired) electrons. The number of nitrogens with zero attached hydrogens (tertiary/aromatic N) is 1. The van der Waals surface area contributed by atoms with Gasteiger partial charge in [0.25, 0.3) is 11.6 Å². The van der Waals surface area contributed by atoms with Gasteiger partial charge in [-0.15, -0.1) is 0 Å². The van der Waals surface area contributed by atoms with Crippen LogP contribution in [0.3, 0.4) is 0 Å². The molecule has 8 heteroatoms. The summed E-state index contributed by atoms with van der Waals surface area (Å²) in [5, 5.41) is 19.3. The Labute approximate surface area is 169 Å². The number of hydrogen-bond donors (Lipinski definition) is 3. The minimum absolute atomic E-state index is 0.0212. The lowest BCUT2D eigenvalue weighted by Gasteiger charge is -2.22. The molecule has 0 bridgehead atoms. The molecule has 3 N–H and O–H groups in total. The van der Waals surface area contributed by atoms with Crippen LogP contribution in [0.4, 0.5) is 11.4 Å². The molecule has 0 aliphatic heterocycles. The predicted octanol–water partition coefficient (Wildman–Crippen LogP) is 2.89. The van der Waals surface area contributed by atoms with E-state index in [2.05, 4.69) is 16.0 Å². The summed E-state index contributed by atoms with van der Waals surface area (Å²) in [6.07, 6.45) is 0. The lowest BCUT2D eigenvalue weighted by Crippen LogP contribution is -2.50. The summed E-state index contributed by atoms with van der Waals surface area (Å²) in [6, 6.07) is 12.6. The van der Waals surface area contributed by atoms with Gasteiger partial charge in [0.1, 0.15) is 6.04 Å². The third-order valence-electron chi connectivity index (χ3n) is 4.38. The molecule has 0 fully saturated rings. The number of hydrogen-bond acceptors (Lipinski definition) is 5. The second-order valence-electron chi connectivity index (χ2n) is 7.08. The number of carbonyl (C=O) groups is 2. The first-order chi connectivity index (χ1) is 13.8. The van der Waals surface area contributed by atoms with Crippen molar-refractivity contribution in [3.05, 3.63) is 69.8 Å². The van der Waals surface area contributed by atoms with E-state index in [1.807, 2.05) is 32.9 Å². The summed E-state index contributed by atoms with van der Waals surface area (Å²) >= 11 is 0. The van der Waals surface area contributed by atoms with Gasteiger partial charge in [-0.1, -0.05) is 31.5 Å². The first-order valence-electron chi connectivity index (χ1n) is 9.41. The topological polar surface area (TPSA) is 113 Å². The number of carbonyl (C=O) groups excluding carboxylic acids is 2. The summed E-state index contributed by atoms with van der Waals surface area (Å²) < 4.78 is 0. The van der Waals surface area contributed by atoms with Gasteiger partial charge in [0.05, 0.1) is 4.92 Å². The van der Waals surface area contributed by atoms with E-state index in [0.717, 1.165) is 11.3 Å². The highest BCUT2D eigenvalue weighted by molar-refractivity contribution is 5.97. The standard InChI is InChI=1S/C21H26N4O4/c1-14(2)19(24-20(26)16-6-4-15(3)5-7-16)21(27)23-13-12-22-17-8-10-18(11-9-17)25(28)29/h4-11,14,19,22H,12-13H2,1-3H3,(H,23,27)(H,24,26). The molecular formula is C21H26N4O4. The normalized spacial score (nSPS) is 11.6. The molecule has 2 aromatic rings. The van der Waals surface area contributed by atoms with E-state index in [0.29, 0.717) is 18.7 Å². The van der Waals surface area contributed by atoms with Crippen molar-refractivity contribution in [1.29, 1.82) is 0 Å². The lowest BCUT2D eigenvalue weighted by atomic mass is 10.0. The van der Waals surface area contributed by atoms with Crippen LogP contribution in [0.25, 0.3) is 0 Å². The Hall–Kier alpha value is -3.42. The molecule has 0 heterocycles. The number of nitrogens with one attached hydrogen (secondary N) is 3. The summed E-state index contributed by atoms with van der Waals surface area (Å²) in [5.74, 6) is -0.624. The maximum atomic E-state index is 12.5. The molecule has 29 heavy (non-hydrogen) atoms. The minimum atomic E-state index is -0.650. The lowest BCUT2D eigenvalue weighted by molar-refractivity contribution is -0.384. The van der Waals surface area contributed by atoms with Crippen LogP contribution in [0.1, 0.15) is 29.8 Å². The summed E-state index contributed by atoms with van der Waals surface area (Å²) in [7, 11) is 0. The highest BCUT2D eigenvalue weighted by Crippen LogP contribution is 2.15. The maximum Gasteiger partial charge on any atom is 0.269 e. The number of non-ortho nitro benzene ring substituents is 1. The first kappa shape index (κ1) is 21.9. The van der Waals surface area contributed by atoms with E-state index >= 15 is 0 Å². The highest BCUT2D eigenvalue weighted by Gasteiger charge is 2.24. The highest BCUT2D eigenvalue weighted by atomic mass is 16.6. The monoisotopic (exact) mass is 398 g/mol. The first-order valence-corrected chi connectivity index (χ1v) is 9.41. The Bertz CT molecular complexity index is 848. The van der Waals surface area contributed by atoms with Gasteiger partial charge in [-0.05, 0) is 37.1 Å². The molecule has 2 aromatic carbocycles. The van der Waals surface area contributed by atoms with Crippen LogP contribution in [-0.4, -0.2) is 35.9 Å². The largest absolute Gasteiger partial charge is 0.383 e. The van der Waals surface area contributed by atoms with Crippen LogP contribution in [-0.2, 0) is 4.79 Å². The second kappa shape index (κ2) is 10.2. The molecule has 1 atom stereocenters. The third kappa shape index (κ3) is 6.60. The Kier molecular flexibility index (Phi) is 7.70. The van der Waals surface area contributed by atoms with Gasteiger partial charge >= 0.3 is 0 Å². The van der Waals surface area contributed by atoms with E-state index in [-0.39, 0.29) is 23.4 Å². The SMILES string of the molecule is Cc1ccc(C(=O)NC(C(=O)NCCNc2ccc([N+](=O)[O-])cc2)C(C)C)cc1. The van der Waals surface area contributed by atoms with Crippen molar-refractivity contribution in [1.82, 2.24) is 10.6 Å².